The highest BCUT2D eigenvalue weighted by Crippen LogP contribution is 2.40. The number of carboxylic acid groups (broad SMARTS) is 1. The van der Waals surface area contributed by atoms with Gasteiger partial charge in [0.1, 0.15) is 5.84 Å². The Morgan fingerprint density at radius 1 is 1.03 bits per heavy atom. The van der Waals surface area contributed by atoms with Gasteiger partial charge in [-0.15, -0.1) is 0 Å². The second kappa shape index (κ2) is 10.3. The average molecular weight is 487 g/mol. The Morgan fingerprint density at radius 3 is 2.28 bits per heavy atom. The minimum atomic E-state index is -1.30. The van der Waals surface area contributed by atoms with Crippen molar-refractivity contribution in [2.24, 2.45) is 16.9 Å². The number of rotatable bonds is 10. The summed E-state index contributed by atoms with van der Waals surface area (Å²) >= 11 is 0. The first-order chi connectivity index (χ1) is 17.2. The highest BCUT2D eigenvalue weighted by atomic mass is 16.4. The van der Waals surface area contributed by atoms with E-state index in [-0.39, 0.29) is 30.5 Å². The van der Waals surface area contributed by atoms with Crippen molar-refractivity contribution in [3.8, 4) is 0 Å². The van der Waals surface area contributed by atoms with Gasteiger partial charge >= 0.3 is 5.97 Å². The van der Waals surface area contributed by atoms with E-state index in [1.807, 2.05) is 30.3 Å². The lowest BCUT2D eigenvalue weighted by Crippen LogP contribution is -2.43. The van der Waals surface area contributed by atoms with Crippen LogP contribution in [-0.4, -0.2) is 52.6 Å². The minimum Gasteiger partial charge on any atom is -0.481 e. The number of hydrogen-bond acceptors (Lipinski definition) is 5. The molecule has 186 valence electrons. The number of hydrogen-bond donors (Lipinski definition) is 4. The van der Waals surface area contributed by atoms with Crippen molar-refractivity contribution in [1.82, 2.24) is 4.90 Å². The number of fused-ring (bicyclic) bond motifs is 1. The van der Waals surface area contributed by atoms with E-state index in [1.165, 1.54) is 4.90 Å². The number of nitrogens with zero attached hydrogens (tertiary/aromatic N) is 1. The summed E-state index contributed by atoms with van der Waals surface area (Å²) in [5, 5.41) is 18.8. The van der Waals surface area contributed by atoms with Crippen LogP contribution < -0.4 is 11.5 Å². The molecular formula is C28H30N4O4. The number of carbonyl (C=O) groups is 3. The number of amides is 1. The molecule has 3 aromatic carbocycles. The molecule has 1 aliphatic heterocycles. The third kappa shape index (κ3) is 4.99. The SMILES string of the molecule is N=C(N)c1ccc2cc(C(=O)[C@@H]3C[C@@](CN)(CC(=O)O)C(=O)N3CCCc3ccccc3)ccc2c1. The van der Waals surface area contributed by atoms with Gasteiger partial charge in [0.15, 0.2) is 5.78 Å². The van der Waals surface area contributed by atoms with Crippen LogP contribution in [0.15, 0.2) is 66.7 Å². The molecule has 3 aromatic rings. The third-order valence-corrected chi connectivity index (χ3v) is 7.00. The Kier molecular flexibility index (Phi) is 7.17. The van der Waals surface area contributed by atoms with Crippen molar-refractivity contribution in [2.45, 2.75) is 31.7 Å². The molecule has 2 atom stereocenters. The standard InChI is InChI=1S/C28H30N4O4/c29-17-28(16-24(33)34)15-23(32(27(28)36)12-4-7-18-5-2-1-3-6-18)25(35)21-10-8-20-14-22(26(30)31)11-9-19(20)13-21/h1-3,5-6,8-11,13-14,23H,4,7,12,15-17,29H2,(H3,30,31)(H,33,34)/t23-,28-/m0/s1. The number of benzene rings is 3. The number of nitrogens with two attached hydrogens (primary N) is 2. The highest BCUT2D eigenvalue weighted by molar-refractivity contribution is 6.07. The smallest absolute Gasteiger partial charge is 0.304 e. The molecule has 6 N–H and O–H groups in total. The number of nitrogen functional groups attached to an aromatic ring is 1. The molecule has 0 radical (unpaired) electrons. The summed E-state index contributed by atoms with van der Waals surface area (Å²) in [5.74, 6) is -1.76. The van der Waals surface area contributed by atoms with E-state index in [0.29, 0.717) is 24.1 Å². The van der Waals surface area contributed by atoms with Crippen molar-refractivity contribution in [1.29, 1.82) is 5.41 Å². The Hall–Kier alpha value is -4.04. The average Bonchev–Trinajstić information content (AvgIpc) is 3.14. The number of aryl methyl sites for hydroxylation is 1. The zero-order chi connectivity index (χ0) is 25.9. The summed E-state index contributed by atoms with van der Waals surface area (Å²) in [5.41, 5.74) is 12.4. The number of aliphatic carboxylic acids is 1. The molecule has 1 fully saturated rings. The summed E-state index contributed by atoms with van der Waals surface area (Å²) in [6.45, 7) is 0.198. The van der Waals surface area contributed by atoms with Crippen LogP contribution in [0, 0.1) is 10.8 Å². The molecule has 8 heteroatoms. The van der Waals surface area contributed by atoms with Gasteiger partial charge in [0.2, 0.25) is 5.91 Å². The molecule has 1 amide bonds. The maximum absolute atomic E-state index is 13.7. The fraction of sp³-hybridized carbons (Fsp3) is 0.286. The fourth-order valence-corrected chi connectivity index (χ4v) is 5.04. The van der Waals surface area contributed by atoms with Gasteiger partial charge in [-0.05, 0) is 47.7 Å². The molecule has 0 bridgehead atoms. The first-order valence-corrected chi connectivity index (χ1v) is 11.9. The summed E-state index contributed by atoms with van der Waals surface area (Å²) in [6, 6.07) is 19.6. The van der Waals surface area contributed by atoms with Crippen LogP contribution in [-0.2, 0) is 16.0 Å². The van der Waals surface area contributed by atoms with E-state index in [4.69, 9.17) is 16.9 Å². The molecule has 4 rings (SSSR count). The normalized spacial score (nSPS) is 19.5. The molecule has 1 aliphatic rings. The largest absolute Gasteiger partial charge is 0.481 e. The van der Waals surface area contributed by atoms with Crippen LogP contribution in [0.5, 0.6) is 0 Å². The molecule has 1 saturated heterocycles. The lowest BCUT2D eigenvalue weighted by atomic mass is 9.80. The summed E-state index contributed by atoms with van der Waals surface area (Å²) in [7, 11) is 0. The van der Waals surface area contributed by atoms with Crippen LogP contribution in [0.2, 0.25) is 0 Å². The zero-order valence-corrected chi connectivity index (χ0v) is 19.9. The second-order valence-electron chi connectivity index (χ2n) is 9.42. The van der Waals surface area contributed by atoms with Crippen molar-refractivity contribution < 1.29 is 19.5 Å². The van der Waals surface area contributed by atoms with Crippen LogP contribution in [0.1, 0.15) is 40.7 Å². The third-order valence-electron chi connectivity index (χ3n) is 7.00. The quantitative estimate of drug-likeness (QED) is 0.196. The van der Waals surface area contributed by atoms with Gasteiger partial charge in [-0.2, -0.15) is 0 Å². The van der Waals surface area contributed by atoms with Gasteiger partial charge in [-0.25, -0.2) is 0 Å². The molecule has 0 aliphatic carbocycles. The summed E-state index contributed by atoms with van der Waals surface area (Å²) < 4.78 is 0. The number of ketones is 1. The van der Waals surface area contributed by atoms with Gasteiger partial charge in [-0.1, -0.05) is 54.6 Å². The molecule has 0 spiro atoms. The summed E-state index contributed by atoms with van der Waals surface area (Å²) in [4.78, 5) is 40.3. The number of nitrogens with one attached hydrogen (secondary N) is 1. The zero-order valence-electron chi connectivity index (χ0n) is 19.9. The van der Waals surface area contributed by atoms with E-state index >= 15 is 0 Å². The molecule has 8 nitrogen and oxygen atoms in total. The Morgan fingerprint density at radius 2 is 1.67 bits per heavy atom. The molecule has 36 heavy (non-hydrogen) atoms. The van der Waals surface area contributed by atoms with Gasteiger partial charge in [0, 0.05) is 24.2 Å². The monoisotopic (exact) mass is 486 g/mol. The maximum atomic E-state index is 13.7. The Labute approximate surface area is 209 Å². The van der Waals surface area contributed by atoms with Crippen LogP contribution in [0.4, 0.5) is 0 Å². The van der Waals surface area contributed by atoms with Gasteiger partial charge in [0.05, 0.1) is 17.9 Å². The van der Waals surface area contributed by atoms with Crippen molar-refractivity contribution in [2.75, 3.05) is 13.1 Å². The van der Waals surface area contributed by atoms with Gasteiger partial charge < -0.3 is 21.5 Å². The molecule has 0 saturated carbocycles. The molecule has 0 unspecified atom stereocenters. The Balaban J connectivity index is 1.62. The van der Waals surface area contributed by atoms with Crippen LogP contribution >= 0.6 is 0 Å². The van der Waals surface area contributed by atoms with Crippen molar-refractivity contribution in [3.05, 3.63) is 83.4 Å². The second-order valence-corrected chi connectivity index (χ2v) is 9.42. The predicted molar refractivity (Wildman–Crippen MR) is 138 cm³/mol. The van der Waals surface area contributed by atoms with Crippen molar-refractivity contribution in [3.63, 3.8) is 0 Å². The lowest BCUT2D eigenvalue weighted by Gasteiger charge is -2.25. The number of likely N-dealkylation sites (tertiary alicyclic amines) is 1. The van der Waals surface area contributed by atoms with Gasteiger partial charge in [-0.3, -0.25) is 19.8 Å². The highest BCUT2D eigenvalue weighted by Gasteiger charge is 2.53. The van der Waals surface area contributed by atoms with Crippen LogP contribution in [0.3, 0.4) is 0 Å². The number of carboxylic acids is 1. The van der Waals surface area contributed by atoms with E-state index in [9.17, 15) is 19.5 Å². The van der Waals surface area contributed by atoms with E-state index in [1.54, 1.807) is 36.4 Å². The maximum Gasteiger partial charge on any atom is 0.304 e. The van der Waals surface area contributed by atoms with E-state index in [0.717, 1.165) is 22.8 Å². The molecule has 1 heterocycles. The number of amidine groups is 1. The summed E-state index contributed by atoms with van der Waals surface area (Å²) in [6.07, 6.45) is 1.03. The number of carbonyl (C=O) groups excluding carboxylic acids is 2. The fourth-order valence-electron chi connectivity index (χ4n) is 5.04. The lowest BCUT2D eigenvalue weighted by molar-refractivity contribution is -0.146. The topological polar surface area (TPSA) is 151 Å². The van der Waals surface area contributed by atoms with Gasteiger partial charge in [0.25, 0.3) is 0 Å². The molecular weight excluding hydrogens is 456 g/mol. The predicted octanol–water partition coefficient (Wildman–Crippen LogP) is 2.96. The molecule has 0 aromatic heterocycles. The Bertz CT molecular complexity index is 1320. The van der Waals surface area contributed by atoms with Crippen molar-refractivity contribution >= 4 is 34.3 Å². The first-order valence-electron chi connectivity index (χ1n) is 11.9. The van der Waals surface area contributed by atoms with E-state index < -0.39 is 23.8 Å². The van der Waals surface area contributed by atoms with E-state index in [2.05, 4.69) is 0 Å². The van der Waals surface area contributed by atoms with Crippen LogP contribution in [0.25, 0.3) is 10.8 Å². The number of Topliss-reactive ketones (excluding diaryl/α,β-unsaturated/α-hetero) is 1. The first kappa shape index (κ1) is 25.1. The minimum absolute atomic E-state index is 0.0378.